The number of carbonyl (C=O) groups excluding carboxylic acids is 2. The van der Waals surface area contributed by atoms with Gasteiger partial charge in [0.2, 0.25) is 5.91 Å². The second-order valence-corrected chi connectivity index (χ2v) is 6.30. The first-order valence-electron chi connectivity index (χ1n) is 9.37. The number of hydrogen-bond acceptors (Lipinski definition) is 3. The van der Waals surface area contributed by atoms with Crippen LogP contribution in [0.5, 0.6) is 0 Å². The number of carbonyl (C=O) groups is 2. The number of nitrogens with zero attached hydrogens (tertiary/aromatic N) is 2. The fourth-order valence-corrected chi connectivity index (χ4v) is 2.82. The lowest BCUT2D eigenvalue weighted by Crippen LogP contribution is -2.40. The minimum absolute atomic E-state index is 0.0999. The monoisotopic (exact) mass is 347 g/mol. The van der Waals surface area contributed by atoms with E-state index in [4.69, 9.17) is 0 Å². The zero-order chi connectivity index (χ0) is 18.7. The van der Waals surface area contributed by atoms with Crippen LogP contribution in [0.15, 0.2) is 30.3 Å². The van der Waals surface area contributed by atoms with Gasteiger partial charge < -0.3 is 15.1 Å². The van der Waals surface area contributed by atoms with Crippen LogP contribution >= 0.6 is 0 Å². The molecular weight excluding hydrogens is 314 g/mol. The molecule has 0 spiro atoms. The number of hydrogen-bond donors (Lipinski definition) is 1. The number of rotatable bonds is 11. The molecule has 25 heavy (non-hydrogen) atoms. The summed E-state index contributed by atoms with van der Waals surface area (Å²) in [6, 6.07) is 8.90. The Kier molecular flexibility index (Phi) is 9.85. The maximum atomic E-state index is 12.5. The van der Waals surface area contributed by atoms with E-state index in [-0.39, 0.29) is 17.9 Å². The average Bonchev–Trinajstić information content (AvgIpc) is 2.62. The molecule has 1 rings (SSSR count). The SMILES string of the molecule is CCN(CC)CCCN(CC)C(=O)C[C@H](C)NC(=O)c1ccccc1. The molecule has 0 unspecified atom stereocenters. The zero-order valence-electron chi connectivity index (χ0n) is 16.1. The third-order valence-electron chi connectivity index (χ3n) is 4.43. The normalized spacial score (nSPS) is 12.0. The number of benzene rings is 1. The molecule has 1 atom stereocenters. The molecule has 0 saturated carbocycles. The molecule has 5 heteroatoms. The third-order valence-corrected chi connectivity index (χ3v) is 4.43. The summed E-state index contributed by atoms with van der Waals surface area (Å²) in [5.41, 5.74) is 0.619. The summed E-state index contributed by atoms with van der Waals surface area (Å²) in [5, 5.41) is 2.90. The summed E-state index contributed by atoms with van der Waals surface area (Å²) in [6.07, 6.45) is 1.31. The standard InChI is InChI=1S/C20H33N3O2/c1-5-22(6-2)14-11-15-23(7-3)19(24)16-17(4)21-20(25)18-12-9-8-10-13-18/h8-10,12-13,17H,5-7,11,14-16H2,1-4H3,(H,21,25)/t17-/m0/s1. The van der Waals surface area contributed by atoms with Crippen molar-refractivity contribution in [3.8, 4) is 0 Å². The molecule has 1 aromatic rings. The first kappa shape index (κ1) is 21.2. The second kappa shape index (κ2) is 11.6. The Hall–Kier alpha value is -1.88. The molecule has 2 amide bonds. The molecule has 0 bridgehead atoms. The highest BCUT2D eigenvalue weighted by molar-refractivity contribution is 5.94. The highest BCUT2D eigenvalue weighted by atomic mass is 16.2. The Labute approximate surface area is 152 Å². The molecule has 0 aliphatic rings. The second-order valence-electron chi connectivity index (χ2n) is 6.30. The predicted octanol–water partition coefficient (Wildman–Crippen LogP) is 2.78. The molecule has 5 nitrogen and oxygen atoms in total. The van der Waals surface area contributed by atoms with E-state index >= 15 is 0 Å². The van der Waals surface area contributed by atoms with Crippen molar-refractivity contribution >= 4 is 11.8 Å². The molecule has 0 aliphatic carbocycles. The maximum Gasteiger partial charge on any atom is 0.251 e. The molecule has 1 aromatic carbocycles. The smallest absolute Gasteiger partial charge is 0.251 e. The Morgan fingerprint density at radius 3 is 2.20 bits per heavy atom. The van der Waals surface area contributed by atoms with Crippen LogP contribution in [-0.2, 0) is 4.79 Å². The van der Waals surface area contributed by atoms with Crippen LogP contribution < -0.4 is 5.32 Å². The lowest BCUT2D eigenvalue weighted by atomic mass is 10.1. The van der Waals surface area contributed by atoms with Gasteiger partial charge >= 0.3 is 0 Å². The Morgan fingerprint density at radius 2 is 1.64 bits per heavy atom. The number of nitrogens with one attached hydrogen (secondary N) is 1. The van der Waals surface area contributed by atoms with Crippen molar-refractivity contribution < 1.29 is 9.59 Å². The van der Waals surface area contributed by atoms with Gasteiger partial charge in [0.15, 0.2) is 0 Å². The first-order valence-corrected chi connectivity index (χ1v) is 9.37. The lowest BCUT2D eigenvalue weighted by Gasteiger charge is -2.25. The van der Waals surface area contributed by atoms with Gasteiger partial charge in [0, 0.05) is 31.1 Å². The van der Waals surface area contributed by atoms with Gasteiger partial charge in [-0.25, -0.2) is 0 Å². The van der Waals surface area contributed by atoms with Crippen LogP contribution in [-0.4, -0.2) is 60.4 Å². The maximum absolute atomic E-state index is 12.5. The van der Waals surface area contributed by atoms with Gasteiger partial charge in [0.25, 0.3) is 5.91 Å². The molecule has 1 N–H and O–H groups in total. The molecule has 0 aromatic heterocycles. The topological polar surface area (TPSA) is 52.6 Å². The van der Waals surface area contributed by atoms with E-state index in [1.807, 2.05) is 36.9 Å². The van der Waals surface area contributed by atoms with Gasteiger partial charge in [-0.2, -0.15) is 0 Å². The van der Waals surface area contributed by atoms with Crippen molar-refractivity contribution in [1.29, 1.82) is 0 Å². The van der Waals surface area contributed by atoms with E-state index in [1.54, 1.807) is 12.1 Å². The summed E-state index contributed by atoms with van der Waals surface area (Å²) in [6.45, 7) is 12.8. The largest absolute Gasteiger partial charge is 0.349 e. The summed E-state index contributed by atoms with van der Waals surface area (Å²) in [5.74, 6) is -0.0339. The quantitative estimate of drug-likeness (QED) is 0.670. The lowest BCUT2D eigenvalue weighted by molar-refractivity contribution is -0.131. The van der Waals surface area contributed by atoms with Gasteiger partial charge in [-0.1, -0.05) is 32.0 Å². The molecular formula is C20H33N3O2. The average molecular weight is 348 g/mol. The summed E-state index contributed by atoms with van der Waals surface area (Å²) in [4.78, 5) is 28.9. The first-order chi connectivity index (χ1) is 12.0. The predicted molar refractivity (Wildman–Crippen MR) is 103 cm³/mol. The Balaban J connectivity index is 2.42. The highest BCUT2D eigenvalue weighted by Crippen LogP contribution is 2.04. The molecule has 0 saturated heterocycles. The summed E-state index contributed by atoms with van der Waals surface area (Å²) < 4.78 is 0. The van der Waals surface area contributed by atoms with Gasteiger partial charge in [-0.15, -0.1) is 0 Å². The molecule has 140 valence electrons. The molecule has 0 radical (unpaired) electrons. The van der Waals surface area contributed by atoms with Crippen LogP contribution in [0.4, 0.5) is 0 Å². The van der Waals surface area contributed by atoms with Gasteiger partial charge in [0.05, 0.1) is 0 Å². The van der Waals surface area contributed by atoms with Gasteiger partial charge in [-0.05, 0) is 52.0 Å². The van der Waals surface area contributed by atoms with Gasteiger partial charge in [-0.3, -0.25) is 9.59 Å². The third kappa shape index (κ3) is 7.69. The van der Waals surface area contributed by atoms with Crippen molar-refractivity contribution in [2.75, 3.05) is 32.7 Å². The fourth-order valence-electron chi connectivity index (χ4n) is 2.82. The van der Waals surface area contributed by atoms with Crippen LogP contribution in [0.2, 0.25) is 0 Å². The Morgan fingerprint density at radius 1 is 1.00 bits per heavy atom. The van der Waals surface area contributed by atoms with E-state index < -0.39 is 0 Å². The molecule has 0 fully saturated rings. The van der Waals surface area contributed by atoms with Crippen molar-refractivity contribution in [3.63, 3.8) is 0 Å². The summed E-state index contributed by atoms with van der Waals surface area (Å²) >= 11 is 0. The highest BCUT2D eigenvalue weighted by Gasteiger charge is 2.17. The Bertz CT molecular complexity index is 515. The number of amides is 2. The van der Waals surface area contributed by atoms with Crippen LogP contribution in [0, 0.1) is 0 Å². The van der Waals surface area contributed by atoms with Crippen molar-refractivity contribution in [2.24, 2.45) is 0 Å². The van der Waals surface area contributed by atoms with E-state index in [2.05, 4.69) is 24.1 Å². The minimum Gasteiger partial charge on any atom is -0.349 e. The van der Waals surface area contributed by atoms with Crippen molar-refractivity contribution in [2.45, 2.75) is 46.6 Å². The summed E-state index contributed by atoms with van der Waals surface area (Å²) in [7, 11) is 0. The van der Waals surface area contributed by atoms with E-state index in [0.29, 0.717) is 18.5 Å². The van der Waals surface area contributed by atoms with Gasteiger partial charge in [0.1, 0.15) is 0 Å². The van der Waals surface area contributed by atoms with Crippen LogP contribution in [0.3, 0.4) is 0 Å². The van der Waals surface area contributed by atoms with Crippen molar-refractivity contribution in [1.82, 2.24) is 15.1 Å². The van der Waals surface area contributed by atoms with Crippen molar-refractivity contribution in [3.05, 3.63) is 35.9 Å². The molecule has 0 heterocycles. The fraction of sp³-hybridized carbons (Fsp3) is 0.600. The van der Waals surface area contributed by atoms with E-state index in [0.717, 1.165) is 32.6 Å². The van der Waals surface area contributed by atoms with E-state index in [9.17, 15) is 9.59 Å². The zero-order valence-corrected chi connectivity index (χ0v) is 16.1. The molecule has 0 aliphatic heterocycles. The minimum atomic E-state index is -0.183. The van der Waals surface area contributed by atoms with Crippen LogP contribution in [0.25, 0.3) is 0 Å². The van der Waals surface area contributed by atoms with E-state index in [1.165, 1.54) is 0 Å². The van der Waals surface area contributed by atoms with Crippen LogP contribution in [0.1, 0.15) is 50.9 Å².